The molecule has 250 valence electrons. The molecule has 4 heterocycles. The van der Waals surface area contributed by atoms with Crippen molar-refractivity contribution in [2.24, 2.45) is 0 Å². The molecule has 1 fully saturated rings. The number of aromatic nitrogens is 3. The van der Waals surface area contributed by atoms with Gasteiger partial charge in [0, 0.05) is 31.8 Å². The van der Waals surface area contributed by atoms with Crippen molar-refractivity contribution < 1.29 is 33.6 Å². The molecule has 0 saturated carbocycles. The van der Waals surface area contributed by atoms with Crippen LogP contribution in [0.5, 0.6) is 11.6 Å². The zero-order valence-electron chi connectivity index (χ0n) is 27.2. The first-order valence-electron chi connectivity index (χ1n) is 16.3. The summed E-state index contributed by atoms with van der Waals surface area (Å²) in [5.41, 5.74) is 7.67. The second-order valence-electron chi connectivity index (χ2n) is 12.1. The predicted octanol–water partition coefficient (Wildman–Crippen LogP) is 5.72. The Balaban J connectivity index is 1.27. The molecular formula is C38H36N4O7. The van der Waals surface area contributed by atoms with Gasteiger partial charge >= 0.3 is 5.97 Å². The Bertz CT molecular complexity index is 2050. The standard InChI is InChI=1S/C38H36N4O7/c1-45-13-14-48-34-18-29(38(43)44)17-33-37(34)41-35(42(33)21-31-10-12-47-31)19-25-7-8-27-16-30(25)22-46-11-9-26-15-24(20-39)5-6-28(26)23-49-36-4-2-3-32(27)40-36/h2-8,15-18,31H,9-14,19,21-23H2,1H3,(H,43,44). The lowest BCUT2D eigenvalue weighted by Gasteiger charge is -2.27. The Morgan fingerprint density at radius 1 is 1.02 bits per heavy atom. The predicted molar refractivity (Wildman–Crippen MR) is 180 cm³/mol. The number of carboxylic acid groups (broad SMARTS) is 1. The summed E-state index contributed by atoms with van der Waals surface area (Å²) in [6.07, 6.45) is 2.00. The van der Waals surface area contributed by atoms with E-state index in [2.05, 4.69) is 22.8 Å². The molecule has 49 heavy (non-hydrogen) atoms. The van der Waals surface area contributed by atoms with Crippen LogP contribution in [0.1, 0.15) is 50.4 Å². The third-order valence-corrected chi connectivity index (χ3v) is 8.93. The normalized spacial score (nSPS) is 15.7. The Labute approximate surface area is 283 Å². The van der Waals surface area contributed by atoms with Crippen LogP contribution >= 0.6 is 0 Å². The number of pyridine rings is 1. The second kappa shape index (κ2) is 14.5. The summed E-state index contributed by atoms with van der Waals surface area (Å²) in [5, 5.41) is 19.4. The number of benzene rings is 3. The average Bonchev–Trinajstić information content (AvgIpc) is 3.44. The van der Waals surface area contributed by atoms with Gasteiger partial charge in [0.1, 0.15) is 30.3 Å². The van der Waals surface area contributed by atoms with Gasteiger partial charge in [-0.2, -0.15) is 5.26 Å². The lowest BCUT2D eigenvalue weighted by Crippen LogP contribution is -2.31. The van der Waals surface area contributed by atoms with Crippen molar-refractivity contribution in [1.29, 1.82) is 5.26 Å². The van der Waals surface area contributed by atoms with Crippen LogP contribution in [0.2, 0.25) is 0 Å². The van der Waals surface area contributed by atoms with E-state index >= 15 is 0 Å². The maximum atomic E-state index is 12.1. The summed E-state index contributed by atoms with van der Waals surface area (Å²) in [6, 6.07) is 23.0. The number of ether oxygens (including phenoxy) is 5. The molecule has 0 aliphatic carbocycles. The largest absolute Gasteiger partial charge is 0.489 e. The van der Waals surface area contributed by atoms with E-state index in [9.17, 15) is 15.2 Å². The number of imidazole rings is 1. The van der Waals surface area contributed by atoms with E-state index in [1.54, 1.807) is 19.2 Å². The zero-order chi connectivity index (χ0) is 33.7. The smallest absolute Gasteiger partial charge is 0.335 e. The molecule has 0 radical (unpaired) electrons. The zero-order valence-corrected chi connectivity index (χ0v) is 27.2. The van der Waals surface area contributed by atoms with Crippen molar-refractivity contribution in [3.05, 3.63) is 106 Å². The van der Waals surface area contributed by atoms with Crippen molar-refractivity contribution in [3.63, 3.8) is 0 Å². The molecule has 1 saturated heterocycles. The Morgan fingerprint density at radius 3 is 2.71 bits per heavy atom. The number of nitriles is 1. The minimum absolute atomic E-state index is 0.0104. The molecule has 1 unspecified atom stereocenters. The van der Waals surface area contributed by atoms with Crippen LogP contribution in [-0.2, 0) is 46.8 Å². The highest BCUT2D eigenvalue weighted by molar-refractivity contribution is 5.95. The van der Waals surface area contributed by atoms with E-state index in [-0.39, 0.29) is 18.3 Å². The van der Waals surface area contributed by atoms with Gasteiger partial charge in [0.25, 0.3) is 0 Å². The minimum atomic E-state index is -1.04. The van der Waals surface area contributed by atoms with Crippen LogP contribution in [0, 0.1) is 11.3 Å². The third-order valence-electron chi connectivity index (χ3n) is 8.93. The Hall–Kier alpha value is -5.28. The van der Waals surface area contributed by atoms with Gasteiger partial charge in [0.05, 0.1) is 60.9 Å². The highest BCUT2D eigenvalue weighted by atomic mass is 16.5. The first kappa shape index (κ1) is 32.3. The summed E-state index contributed by atoms with van der Waals surface area (Å²) < 4.78 is 31.4. The maximum absolute atomic E-state index is 12.1. The van der Waals surface area contributed by atoms with Crippen molar-refractivity contribution >= 4 is 17.0 Å². The van der Waals surface area contributed by atoms with Gasteiger partial charge in [-0.05, 0) is 71.5 Å². The molecule has 11 nitrogen and oxygen atoms in total. The molecule has 2 aliphatic rings. The van der Waals surface area contributed by atoms with E-state index < -0.39 is 5.97 Å². The number of hydrogen-bond donors (Lipinski definition) is 1. The van der Waals surface area contributed by atoms with E-state index in [0.29, 0.717) is 80.6 Å². The van der Waals surface area contributed by atoms with Crippen molar-refractivity contribution in [3.8, 4) is 29.0 Å². The summed E-state index contributed by atoms with van der Waals surface area (Å²) in [5.74, 6) is 0.634. The summed E-state index contributed by atoms with van der Waals surface area (Å²) in [4.78, 5) is 22.0. The van der Waals surface area contributed by atoms with Gasteiger partial charge in [-0.25, -0.2) is 14.8 Å². The van der Waals surface area contributed by atoms with E-state index in [1.165, 1.54) is 6.07 Å². The van der Waals surface area contributed by atoms with Gasteiger partial charge in [-0.3, -0.25) is 0 Å². The van der Waals surface area contributed by atoms with Crippen molar-refractivity contribution in [2.45, 2.75) is 45.1 Å². The summed E-state index contributed by atoms with van der Waals surface area (Å²) >= 11 is 0. The number of fused-ring (bicyclic) bond motifs is 7. The average molecular weight is 661 g/mol. The molecule has 2 aliphatic heterocycles. The van der Waals surface area contributed by atoms with Gasteiger partial charge in [-0.1, -0.05) is 24.3 Å². The number of hydrogen-bond acceptors (Lipinski definition) is 9. The highest BCUT2D eigenvalue weighted by Crippen LogP contribution is 2.32. The molecule has 4 bridgehead atoms. The van der Waals surface area contributed by atoms with E-state index in [1.807, 2.05) is 36.4 Å². The Morgan fingerprint density at radius 2 is 1.92 bits per heavy atom. The van der Waals surface area contributed by atoms with E-state index in [4.69, 9.17) is 33.7 Å². The number of aromatic carboxylic acids is 1. The number of nitrogens with zero attached hydrogens (tertiary/aromatic N) is 4. The maximum Gasteiger partial charge on any atom is 0.335 e. The van der Waals surface area contributed by atoms with Gasteiger partial charge in [0.2, 0.25) is 5.88 Å². The third kappa shape index (κ3) is 7.12. The molecule has 11 heteroatoms. The molecule has 0 amide bonds. The molecule has 2 aromatic heterocycles. The topological polar surface area (TPSA) is 138 Å². The number of rotatable bonds is 9. The van der Waals surface area contributed by atoms with Crippen LogP contribution in [-0.4, -0.2) is 65.3 Å². The van der Waals surface area contributed by atoms with Gasteiger partial charge in [-0.15, -0.1) is 0 Å². The monoisotopic (exact) mass is 660 g/mol. The first-order chi connectivity index (χ1) is 24.0. The number of carboxylic acids is 1. The highest BCUT2D eigenvalue weighted by Gasteiger charge is 2.25. The van der Waals surface area contributed by atoms with Crippen LogP contribution in [0.25, 0.3) is 22.3 Å². The van der Waals surface area contributed by atoms with Crippen molar-refractivity contribution in [1.82, 2.24) is 14.5 Å². The molecule has 5 aromatic rings. The molecule has 0 spiro atoms. The first-order valence-corrected chi connectivity index (χ1v) is 16.3. The molecule has 1 N–H and O–H groups in total. The quantitative estimate of drug-likeness (QED) is 0.195. The molecule has 7 rings (SSSR count). The van der Waals surface area contributed by atoms with Crippen LogP contribution in [0.3, 0.4) is 0 Å². The molecule has 1 atom stereocenters. The van der Waals surface area contributed by atoms with Crippen LogP contribution < -0.4 is 9.47 Å². The number of methoxy groups -OCH3 is 1. The summed E-state index contributed by atoms with van der Waals surface area (Å²) in [6.45, 7) is 2.99. The fourth-order valence-corrected chi connectivity index (χ4v) is 6.18. The van der Waals surface area contributed by atoms with Gasteiger partial charge in [0.15, 0.2) is 0 Å². The van der Waals surface area contributed by atoms with Gasteiger partial charge < -0.3 is 33.4 Å². The lowest BCUT2D eigenvalue weighted by molar-refractivity contribution is -0.0589. The Kier molecular flexibility index (Phi) is 9.52. The second-order valence-corrected chi connectivity index (χ2v) is 12.1. The summed E-state index contributed by atoms with van der Waals surface area (Å²) in [7, 11) is 1.59. The lowest BCUT2D eigenvalue weighted by atomic mass is 9.99. The van der Waals surface area contributed by atoms with Crippen molar-refractivity contribution in [2.75, 3.05) is 33.5 Å². The fourth-order valence-electron chi connectivity index (χ4n) is 6.18. The fraction of sp³-hybridized carbons (Fsp3) is 0.316. The SMILES string of the molecule is COCCOc1cc(C(=O)O)cc2c1nc(Cc1ccc3cc1COCCc1cc(C#N)ccc1COc1cccc-3n1)n2CC1CCO1. The number of carbonyl (C=O) groups is 1. The van der Waals surface area contributed by atoms with E-state index in [0.717, 1.165) is 45.8 Å². The molecular weight excluding hydrogens is 624 g/mol. The minimum Gasteiger partial charge on any atom is -0.489 e. The van der Waals surface area contributed by atoms with Crippen LogP contribution in [0.15, 0.2) is 66.7 Å². The van der Waals surface area contributed by atoms with Crippen LogP contribution in [0.4, 0.5) is 0 Å². The molecule has 3 aromatic carbocycles.